The van der Waals surface area contributed by atoms with E-state index in [0.717, 1.165) is 18.4 Å². The van der Waals surface area contributed by atoms with Crippen molar-refractivity contribution in [3.63, 3.8) is 0 Å². The average Bonchev–Trinajstić information content (AvgIpc) is 2.56. The highest BCUT2D eigenvalue weighted by Crippen LogP contribution is 2.16. The van der Waals surface area contributed by atoms with Crippen molar-refractivity contribution in [1.82, 2.24) is 5.32 Å². The quantitative estimate of drug-likeness (QED) is 0.717. The molecule has 0 fully saturated rings. The van der Waals surface area contributed by atoms with Crippen LogP contribution in [0.15, 0.2) is 48.5 Å². The third kappa shape index (κ3) is 4.85. The molecule has 0 aliphatic heterocycles. The van der Waals surface area contributed by atoms with E-state index in [1.807, 2.05) is 24.3 Å². The van der Waals surface area contributed by atoms with E-state index in [-0.39, 0.29) is 11.8 Å². The van der Waals surface area contributed by atoms with Gasteiger partial charge in [-0.05, 0) is 42.7 Å². The summed E-state index contributed by atoms with van der Waals surface area (Å²) >= 11 is 0. The van der Waals surface area contributed by atoms with Gasteiger partial charge in [0.15, 0.2) is 0 Å². The lowest BCUT2D eigenvalue weighted by atomic mass is 10.1. The van der Waals surface area contributed by atoms with Crippen LogP contribution in [0.3, 0.4) is 0 Å². The van der Waals surface area contributed by atoms with Gasteiger partial charge in [0.05, 0.1) is 5.56 Å². The van der Waals surface area contributed by atoms with Crippen LogP contribution in [-0.2, 0) is 11.2 Å². The number of anilines is 2. The van der Waals surface area contributed by atoms with Gasteiger partial charge in [0.25, 0.3) is 5.91 Å². The summed E-state index contributed by atoms with van der Waals surface area (Å²) in [7, 11) is 1.64. The minimum Gasteiger partial charge on any atom is -0.398 e. The molecule has 0 bridgehead atoms. The van der Waals surface area contributed by atoms with Crippen LogP contribution in [0.1, 0.15) is 28.8 Å². The van der Waals surface area contributed by atoms with Crippen molar-refractivity contribution < 1.29 is 9.59 Å². The molecule has 0 spiro atoms. The molecule has 23 heavy (non-hydrogen) atoms. The highest BCUT2D eigenvalue weighted by molar-refractivity contribution is 6.07. The summed E-state index contributed by atoms with van der Waals surface area (Å²) < 4.78 is 0. The van der Waals surface area contributed by atoms with Gasteiger partial charge < -0.3 is 16.4 Å². The Hall–Kier alpha value is -2.82. The molecular formula is C18H21N3O2. The fourth-order valence-corrected chi connectivity index (χ4v) is 2.24. The molecule has 0 aromatic heterocycles. The predicted octanol–water partition coefficient (Wildman–Crippen LogP) is 2.59. The molecule has 2 aromatic carbocycles. The minimum atomic E-state index is -0.226. The number of amides is 2. The standard InChI is InChI=1S/C18H21N3O2/c1-20-17(22)8-4-5-13-9-11-14(12-10-13)21-18(23)15-6-2-3-7-16(15)19/h2-3,6-7,9-12H,4-5,8,19H2,1H3,(H,20,22)(H,21,23). The molecule has 2 amide bonds. The summed E-state index contributed by atoms with van der Waals surface area (Å²) in [5, 5.41) is 5.43. The van der Waals surface area contributed by atoms with Gasteiger partial charge in [-0.2, -0.15) is 0 Å². The largest absolute Gasteiger partial charge is 0.398 e. The van der Waals surface area contributed by atoms with Crippen LogP contribution in [0.25, 0.3) is 0 Å². The first-order chi connectivity index (χ1) is 11.1. The number of hydrogen-bond acceptors (Lipinski definition) is 3. The van der Waals surface area contributed by atoms with Crippen molar-refractivity contribution in [2.24, 2.45) is 0 Å². The van der Waals surface area contributed by atoms with Crippen molar-refractivity contribution in [3.05, 3.63) is 59.7 Å². The second kappa shape index (κ2) is 7.98. The van der Waals surface area contributed by atoms with Crippen molar-refractivity contribution in [1.29, 1.82) is 0 Å². The lowest BCUT2D eigenvalue weighted by Gasteiger charge is -2.08. The molecule has 4 N–H and O–H groups in total. The normalized spacial score (nSPS) is 10.1. The van der Waals surface area contributed by atoms with Gasteiger partial charge in [0.2, 0.25) is 5.91 Å². The number of hydrogen-bond donors (Lipinski definition) is 3. The summed E-state index contributed by atoms with van der Waals surface area (Å²) in [4.78, 5) is 23.3. The summed E-state index contributed by atoms with van der Waals surface area (Å²) in [6.45, 7) is 0. The molecule has 2 rings (SSSR count). The van der Waals surface area contributed by atoms with Gasteiger partial charge in [-0.25, -0.2) is 0 Å². The third-order valence-corrected chi connectivity index (χ3v) is 3.57. The summed E-state index contributed by atoms with van der Waals surface area (Å²) in [5.74, 6) is -0.176. The van der Waals surface area contributed by atoms with Gasteiger partial charge in [0, 0.05) is 24.8 Å². The molecule has 0 atom stereocenters. The van der Waals surface area contributed by atoms with Gasteiger partial charge in [-0.3, -0.25) is 9.59 Å². The Morgan fingerprint density at radius 3 is 2.39 bits per heavy atom. The van der Waals surface area contributed by atoms with E-state index in [0.29, 0.717) is 23.4 Å². The molecule has 0 saturated heterocycles. The number of para-hydroxylation sites is 1. The molecule has 5 heteroatoms. The minimum absolute atomic E-state index is 0.0503. The van der Waals surface area contributed by atoms with Crippen LogP contribution in [0.2, 0.25) is 0 Å². The number of nitrogen functional groups attached to an aromatic ring is 1. The highest BCUT2D eigenvalue weighted by atomic mass is 16.2. The van der Waals surface area contributed by atoms with E-state index in [2.05, 4.69) is 10.6 Å². The van der Waals surface area contributed by atoms with Crippen LogP contribution in [0.5, 0.6) is 0 Å². The van der Waals surface area contributed by atoms with E-state index < -0.39 is 0 Å². The van der Waals surface area contributed by atoms with Crippen LogP contribution < -0.4 is 16.4 Å². The van der Waals surface area contributed by atoms with Crippen molar-refractivity contribution >= 4 is 23.2 Å². The Balaban J connectivity index is 1.91. The zero-order chi connectivity index (χ0) is 16.7. The van der Waals surface area contributed by atoms with Gasteiger partial charge >= 0.3 is 0 Å². The van der Waals surface area contributed by atoms with Gasteiger partial charge in [-0.1, -0.05) is 24.3 Å². The summed E-state index contributed by atoms with van der Waals surface area (Å²) in [6, 6.07) is 14.6. The Kier molecular flexibility index (Phi) is 5.74. The van der Waals surface area contributed by atoms with Crippen molar-refractivity contribution in [3.8, 4) is 0 Å². The lowest BCUT2D eigenvalue weighted by Crippen LogP contribution is -2.17. The summed E-state index contributed by atoms with van der Waals surface area (Å²) in [6.07, 6.45) is 2.14. The first-order valence-corrected chi connectivity index (χ1v) is 7.55. The van der Waals surface area contributed by atoms with Crippen molar-refractivity contribution in [2.45, 2.75) is 19.3 Å². The number of rotatable bonds is 6. The Morgan fingerprint density at radius 1 is 1.04 bits per heavy atom. The smallest absolute Gasteiger partial charge is 0.257 e. The maximum absolute atomic E-state index is 12.2. The monoisotopic (exact) mass is 311 g/mol. The molecule has 0 aliphatic rings. The number of carbonyl (C=O) groups excluding carboxylic acids is 2. The molecule has 0 unspecified atom stereocenters. The van der Waals surface area contributed by atoms with Crippen LogP contribution in [-0.4, -0.2) is 18.9 Å². The molecule has 0 heterocycles. The lowest BCUT2D eigenvalue weighted by molar-refractivity contribution is -0.120. The SMILES string of the molecule is CNC(=O)CCCc1ccc(NC(=O)c2ccccc2N)cc1. The van der Waals surface area contributed by atoms with Gasteiger partial charge in [-0.15, -0.1) is 0 Å². The summed E-state index contributed by atoms with van der Waals surface area (Å²) in [5.41, 5.74) is 8.56. The van der Waals surface area contributed by atoms with Crippen LogP contribution >= 0.6 is 0 Å². The maximum atomic E-state index is 12.2. The molecule has 120 valence electrons. The molecular weight excluding hydrogens is 290 g/mol. The second-order valence-corrected chi connectivity index (χ2v) is 5.27. The maximum Gasteiger partial charge on any atom is 0.257 e. The number of nitrogens with one attached hydrogen (secondary N) is 2. The van der Waals surface area contributed by atoms with E-state index in [4.69, 9.17) is 5.73 Å². The Bertz CT molecular complexity index is 681. The fourth-order valence-electron chi connectivity index (χ4n) is 2.24. The first-order valence-electron chi connectivity index (χ1n) is 7.55. The first kappa shape index (κ1) is 16.5. The zero-order valence-electron chi connectivity index (χ0n) is 13.1. The number of aryl methyl sites for hydroxylation is 1. The molecule has 2 aromatic rings. The van der Waals surface area contributed by atoms with Crippen LogP contribution in [0, 0.1) is 0 Å². The average molecular weight is 311 g/mol. The molecule has 0 saturated carbocycles. The Labute approximate surface area is 135 Å². The van der Waals surface area contributed by atoms with Crippen molar-refractivity contribution in [2.75, 3.05) is 18.1 Å². The predicted molar refractivity (Wildman–Crippen MR) is 92.3 cm³/mol. The Morgan fingerprint density at radius 2 is 1.74 bits per heavy atom. The zero-order valence-corrected chi connectivity index (χ0v) is 13.1. The molecule has 5 nitrogen and oxygen atoms in total. The number of carbonyl (C=O) groups is 2. The fraction of sp³-hybridized carbons (Fsp3) is 0.222. The second-order valence-electron chi connectivity index (χ2n) is 5.27. The van der Waals surface area contributed by atoms with E-state index in [9.17, 15) is 9.59 Å². The third-order valence-electron chi connectivity index (χ3n) is 3.57. The number of nitrogens with two attached hydrogens (primary N) is 1. The molecule has 0 aliphatic carbocycles. The van der Waals surface area contributed by atoms with E-state index >= 15 is 0 Å². The highest BCUT2D eigenvalue weighted by Gasteiger charge is 2.09. The van der Waals surface area contributed by atoms with E-state index in [1.165, 1.54) is 0 Å². The van der Waals surface area contributed by atoms with Gasteiger partial charge in [0.1, 0.15) is 0 Å². The topological polar surface area (TPSA) is 84.2 Å². The van der Waals surface area contributed by atoms with Crippen LogP contribution in [0.4, 0.5) is 11.4 Å². The number of benzene rings is 2. The van der Waals surface area contributed by atoms with E-state index in [1.54, 1.807) is 31.3 Å². The molecule has 0 radical (unpaired) electrons.